The average molecular weight is 261 g/mol. The van der Waals surface area contributed by atoms with Crippen LogP contribution in [-0.2, 0) is 0 Å². The standard InChI is InChI=1S/C13H9ClN2S/c14-10-1-3-11(4-2-10)17-12-5-6-13(16)9(7-12)8-15/h1-7H,16H2. The van der Waals surface area contributed by atoms with Crippen molar-refractivity contribution < 1.29 is 0 Å². The molecular formula is C13H9ClN2S. The van der Waals surface area contributed by atoms with Gasteiger partial charge < -0.3 is 5.73 Å². The molecule has 0 bridgehead atoms. The third-order valence-corrected chi connectivity index (χ3v) is 3.44. The molecule has 0 aliphatic carbocycles. The maximum atomic E-state index is 8.89. The molecule has 2 nitrogen and oxygen atoms in total. The van der Waals surface area contributed by atoms with Crippen LogP contribution < -0.4 is 5.73 Å². The van der Waals surface area contributed by atoms with Gasteiger partial charge in [0.1, 0.15) is 6.07 Å². The average Bonchev–Trinajstić information content (AvgIpc) is 2.34. The van der Waals surface area contributed by atoms with Crippen molar-refractivity contribution in [1.29, 1.82) is 5.26 Å². The summed E-state index contributed by atoms with van der Waals surface area (Å²) < 4.78 is 0. The molecule has 2 aromatic carbocycles. The molecule has 0 atom stereocenters. The lowest BCUT2D eigenvalue weighted by Gasteiger charge is -2.03. The van der Waals surface area contributed by atoms with Gasteiger partial charge in [-0.1, -0.05) is 23.4 Å². The summed E-state index contributed by atoms with van der Waals surface area (Å²) in [4.78, 5) is 2.06. The zero-order valence-corrected chi connectivity index (χ0v) is 10.4. The Balaban J connectivity index is 2.25. The second-order valence-electron chi connectivity index (χ2n) is 3.42. The fourth-order valence-electron chi connectivity index (χ4n) is 1.33. The Morgan fingerprint density at radius 2 is 1.71 bits per heavy atom. The molecule has 4 heteroatoms. The van der Waals surface area contributed by atoms with Gasteiger partial charge >= 0.3 is 0 Å². The highest BCUT2D eigenvalue weighted by atomic mass is 35.5. The SMILES string of the molecule is N#Cc1cc(Sc2ccc(Cl)cc2)ccc1N. The van der Waals surface area contributed by atoms with Gasteiger partial charge in [0, 0.05) is 20.5 Å². The first-order chi connectivity index (χ1) is 8.19. The summed E-state index contributed by atoms with van der Waals surface area (Å²) in [5, 5.41) is 9.60. The van der Waals surface area contributed by atoms with Crippen molar-refractivity contribution >= 4 is 29.1 Å². The first-order valence-electron chi connectivity index (χ1n) is 4.92. The maximum Gasteiger partial charge on any atom is 0.101 e. The molecule has 0 spiro atoms. The first kappa shape index (κ1) is 11.8. The summed E-state index contributed by atoms with van der Waals surface area (Å²) in [6.07, 6.45) is 0. The minimum Gasteiger partial charge on any atom is -0.398 e. The molecule has 0 aliphatic heterocycles. The number of hydrogen-bond donors (Lipinski definition) is 1. The van der Waals surface area contributed by atoms with Gasteiger partial charge in [-0.2, -0.15) is 5.26 Å². The fourth-order valence-corrected chi connectivity index (χ4v) is 2.32. The Bertz CT molecular complexity index is 573. The number of halogens is 1. The molecule has 0 heterocycles. The van der Waals surface area contributed by atoms with Crippen LogP contribution >= 0.6 is 23.4 Å². The van der Waals surface area contributed by atoms with Crippen molar-refractivity contribution in [1.82, 2.24) is 0 Å². The van der Waals surface area contributed by atoms with E-state index in [2.05, 4.69) is 6.07 Å². The molecule has 17 heavy (non-hydrogen) atoms. The van der Waals surface area contributed by atoms with Crippen LogP contribution in [0.1, 0.15) is 5.56 Å². The Labute approximate surface area is 109 Å². The van der Waals surface area contributed by atoms with Crippen LogP contribution in [0.2, 0.25) is 5.02 Å². The highest BCUT2D eigenvalue weighted by molar-refractivity contribution is 7.99. The van der Waals surface area contributed by atoms with Gasteiger partial charge in [0.2, 0.25) is 0 Å². The van der Waals surface area contributed by atoms with E-state index in [1.54, 1.807) is 23.9 Å². The molecule has 0 aliphatic rings. The van der Waals surface area contributed by atoms with E-state index >= 15 is 0 Å². The van der Waals surface area contributed by atoms with E-state index in [1.165, 1.54) is 0 Å². The topological polar surface area (TPSA) is 49.8 Å². The van der Waals surface area contributed by atoms with Crippen molar-refractivity contribution in [2.75, 3.05) is 5.73 Å². The Kier molecular flexibility index (Phi) is 3.58. The monoisotopic (exact) mass is 260 g/mol. The van der Waals surface area contributed by atoms with Gasteiger partial charge in [-0.15, -0.1) is 0 Å². The smallest absolute Gasteiger partial charge is 0.101 e. The van der Waals surface area contributed by atoms with Crippen molar-refractivity contribution in [2.45, 2.75) is 9.79 Å². The third-order valence-electron chi connectivity index (χ3n) is 2.19. The minimum atomic E-state index is 0.504. The van der Waals surface area contributed by atoms with Crippen LogP contribution in [0.5, 0.6) is 0 Å². The lowest BCUT2D eigenvalue weighted by Crippen LogP contribution is -1.89. The zero-order valence-electron chi connectivity index (χ0n) is 8.85. The lowest BCUT2D eigenvalue weighted by atomic mass is 10.2. The molecule has 0 saturated carbocycles. The highest BCUT2D eigenvalue weighted by Crippen LogP contribution is 2.30. The van der Waals surface area contributed by atoms with E-state index in [4.69, 9.17) is 22.6 Å². The number of nitrogen functional groups attached to an aromatic ring is 1. The number of nitrogens with zero attached hydrogens (tertiary/aromatic N) is 1. The number of nitrogens with two attached hydrogens (primary N) is 1. The number of hydrogen-bond acceptors (Lipinski definition) is 3. The summed E-state index contributed by atoms with van der Waals surface area (Å²) in [5.41, 5.74) is 6.68. The predicted octanol–water partition coefficient (Wildman–Crippen LogP) is 3.95. The second kappa shape index (κ2) is 5.13. The van der Waals surface area contributed by atoms with Gasteiger partial charge in [-0.25, -0.2) is 0 Å². The molecular weight excluding hydrogens is 252 g/mol. The number of anilines is 1. The van der Waals surface area contributed by atoms with Crippen molar-refractivity contribution in [2.24, 2.45) is 0 Å². The van der Waals surface area contributed by atoms with Gasteiger partial charge in [0.05, 0.1) is 5.56 Å². The molecule has 2 aromatic rings. The van der Waals surface area contributed by atoms with Crippen molar-refractivity contribution in [3.63, 3.8) is 0 Å². The Hall–Kier alpha value is -1.63. The number of nitriles is 1. The fraction of sp³-hybridized carbons (Fsp3) is 0. The maximum absolute atomic E-state index is 8.89. The number of benzene rings is 2. The van der Waals surface area contributed by atoms with E-state index in [9.17, 15) is 0 Å². The van der Waals surface area contributed by atoms with Crippen molar-refractivity contribution in [3.8, 4) is 6.07 Å². The molecule has 0 unspecified atom stereocenters. The van der Waals surface area contributed by atoms with E-state index in [-0.39, 0.29) is 0 Å². The normalized spacial score (nSPS) is 9.88. The van der Waals surface area contributed by atoms with Crippen molar-refractivity contribution in [3.05, 3.63) is 53.1 Å². The van der Waals surface area contributed by atoms with Gasteiger partial charge in [0.15, 0.2) is 0 Å². The second-order valence-corrected chi connectivity index (χ2v) is 5.00. The predicted molar refractivity (Wildman–Crippen MR) is 71.1 cm³/mol. The molecule has 0 fully saturated rings. The molecule has 0 radical (unpaired) electrons. The van der Waals surface area contributed by atoms with Crippen LogP contribution in [0.25, 0.3) is 0 Å². The van der Waals surface area contributed by atoms with Crippen LogP contribution in [0, 0.1) is 11.3 Å². The van der Waals surface area contributed by atoms with E-state index in [0.717, 1.165) is 9.79 Å². The summed E-state index contributed by atoms with van der Waals surface area (Å²) in [5.74, 6) is 0. The van der Waals surface area contributed by atoms with Crippen LogP contribution in [0.15, 0.2) is 52.3 Å². The highest BCUT2D eigenvalue weighted by Gasteiger charge is 2.02. The van der Waals surface area contributed by atoms with Gasteiger partial charge in [0.25, 0.3) is 0 Å². The summed E-state index contributed by atoms with van der Waals surface area (Å²) in [6, 6.07) is 15.1. The zero-order chi connectivity index (χ0) is 12.3. The molecule has 0 amide bonds. The summed E-state index contributed by atoms with van der Waals surface area (Å²) >= 11 is 7.38. The Morgan fingerprint density at radius 3 is 2.35 bits per heavy atom. The molecule has 2 N–H and O–H groups in total. The minimum absolute atomic E-state index is 0.504. The lowest BCUT2D eigenvalue weighted by molar-refractivity contribution is 1.38. The summed E-state index contributed by atoms with van der Waals surface area (Å²) in [7, 11) is 0. The summed E-state index contributed by atoms with van der Waals surface area (Å²) in [6.45, 7) is 0. The van der Waals surface area contributed by atoms with Crippen LogP contribution in [0.3, 0.4) is 0 Å². The van der Waals surface area contributed by atoms with E-state index in [0.29, 0.717) is 16.3 Å². The van der Waals surface area contributed by atoms with Gasteiger partial charge in [-0.05, 0) is 42.5 Å². The van der Waals surface area contributed by atoms with Crippen LogP contribution in [0.4, 0.5) is 5.69 Å². The Morgan fingerprint density at radius 1 is 1.06 bits per heavy atom. The van der Waals surface area contributed by atoms with Gasteiger partial charge in [-0.3, -0.25) is 0 Å². The molecule has 0 saturated heterocycles. The molecule has 0 aromatic heterocycles. The quantitative estimate of drug-likeness (QED) is 0.832. The van der Waals surface area contributed by atoms with E-state index in [1.807, 2.05) is 30.3 Å². The first-order valence-corrected chi connectivity index (χ1v) is 6.11. The van der Waals surface area contributed by atoms with Crippen LogP contribution in [-0.4, -0.2) is 0 Å². The third kappa shape index (κ3) is 2.94. The number of rotatable bonds is 2. The molecule has 84 valence electrons. The van der Waals surface area contributed by atoms with E-state index < -0.39 is 0 Å². The largest absolute Gasteiger partial charge is 0.398 e. The molecule has 2 rings (SSSR count).